The van der Waals surface area contributed by atoms with Gasteiger partial charge in [0, 0.05) is 6.54 Å². The molecule has 5 nitrogen and oxygen atoms in total. The highest BCUT2D eigenvalue weighted by atomic mass is 16.6. The molecule has 0 aliphatic carbocycles. The summed E-state index contributed by atoms with van der Waals surface area (Å²) >= 11 is 0. The normalized spacial score (nSPS) is 18.5. The standard InChI is InChI=1S/C14H20N2O3/c1-18-12-5-2-4-11(8-12)9-16-10-13(6-3-7-15)19-14(16)17/h2,4-5,8,13H,3,6-7,9-10,15H2,1H3. The molecule has 19 heavy (non-hydrogen) atoms. The Morgan fingerprint density at radius 3 is 3.11 bits per heavy atom. The maximum Gasteiger partial charge on any atom is 0.410 e. The van der Waals surface area contributed by atoms with E-state index in [2.05, 4.69) is 0 Å². The number of cyclic esters (lactones) is 1. The van der Waals surface area contributed by atoms with Crippen LogP contribution in [0, 0.1) is 0 Å². The van der Waals surface area contributed by atoms with Crippen molar-refractivity contribution < 1.29 is 14.3 Å². The average Bonchev–Trinajstić information content (AvgIpc) is 2.77. The summed E-state index contributed by atoms with van der Waals surface area (Å²) in [5.41, 5.74) is 6.50. The van der Waals surface area contributed by atoms with Crippen molar-refractivity contribution in [2.45, 2.75) is 25.5 Å². The highest BCUT2D eigenvalue weighted by molar-refractivity contribution is 5.69. The molecule has 1 atom stereocenters. The van der Waals surface area contributed by atoms with Crippen molar-refractivity contribution in [2.75, 3.05) is 20.2 Å². The van der Waals surface area contributed by atoms with E-state index in [1.54, 1.807) is 12.0 Å². The fraction of sp³-hybridized carbons (Fsp3) is 0.500. The van der Waals surface area contributed by atoms with Crippen molar-refractivity contribution in [3.05, 3.63) is 29.8 Å². The van der Waals surface area contributed by atoms with E-state index >= 15 is 0 Å². The summed E-state index contributed by atoms with van der Waals surface area (Å²) in [7, 11) is 1.63. The van der Waals surface area contributed by atoms with E-state index in [1.165, 1.54) is 0 Å². The Labute approximate surface area is 113 Å². The quantitative estimate of drug-likeness (QED) is 0.850. The molecular weight excluding hydrogens is 244 g/mol. The Morgan fingerprint density at radius 1 is 1.53 bits per heavy atom. The fourth-order valence-corrected chi connectivity index (χ4v) is 2.19. The first-order valence-corrected chi connectivity index (χ1v) is 6.51. The van der Waals surface area contributed by atoms with Crippen LogP contribution in [-0.4, -0.2) is 37.3 Å². The lowest BCUT2D eigenvalue weighted by Crippen LogP contribution is -2.24. The van der Waals surface area contributed by atoms with Crippen LogP contribution < -0.4 is 10.5 Å². The van der Waals surface area contributed by atoms with Gasteiger partial charge in [-0.25, -0.2) is 4.79 Å². The molecule has 0 bridgehead atoms. The molecule has 1 unspecified atom stereocenters. The molecule has 0 radical (unpaired) electrons. The van der Waals surface area contributed by atoms with E-state index in [-0.39, 0.29) is 12.2 Å². The number of hydrogen-bond acceptors (Lipinski definition) is 4. The fourth-order valence-electron chi connectivity index (χ4n) is 2.19. The molecular formula is C14H20N2O3. The number of nitrogens with zero attached hydrogens (tertiary/aromatic N) is 1. The van der Waals surface area contributed by atoms with E-state index in [9.17, 15) is 4.79 Å². The van der Waals surface area contributed by atoms with Gasteiger partial charge in [0.1, 0.15) is 11.9 Å². The second-order valence-corrected chi connectivity index (χ2v) is 4.67. The van der Waals surface area contributed by atoms with Crippen molar-refractivity contribution in [1.29, 1.82) is 0 Å². The lowest BCUT2D eigenvalue weighted by atomic mass is 10.1. The van der Waals surface area contributed by atoms with E-state index in [0.717, 1.165) is 24.2 Å². The third kappa shape index (κ3) is 3.61. The van der Waals surface area contributed by atoms with Gasteiger partial charge in [-0.05, 0) is 37.1 Å². The number of carbonyl (C=O) groups is 1. The molecule has 2 N–H and O–H groups in total. The van der Waals surface area contributed by atoms with Crippen LogP contribution >= 0.6 is 0 Å². The van der Waals surface area contributed by atoms with Gasteiger partial charge in [0.2, 0.25) is 0 Å². The summed E-state index contributed by atoms with van der Waals surface area (Å²) in [6.07, 6.45) is 1.44. The topological polar surface area (TPSA) is 64.8 Å². The Balaban J connectivity index is 1.93. The highest BCUT2D eigenvalue weighted by Gasteiger charge is 2.30. The molecule has 0 saturated carbocycles. The number of methoxy groups -OCH3 is 1. The van der Waals surface area contributed by atoms with Crippen LogP contribution in [0.2, 0.25) is 0 Å². The third-order valence-electron chi connectivity index (χ3n) is 3.19. The second-order valence-electron chi connectivity index (χ2n) is 4.67. The van der Waals surface area contributed by atoms with Crippen LogP contribution in [0.25, 0.3) is 0 Å². The van der Waals surface area contributed by atoms with Gasteiger partial charge in [-0.15, -0.1) is 0 Å². The van der Waals surface area contributed by atoms with Crippen LogP contribution in [0.3, 0.4) is 0 Å². The molecule has 104 valence electrons. The van der Waals surface area contributed by atoms with Gasteiger partial charge in [0.15, 0.2) is 0 Å². The molecule has 1 heterocycles. The minimum Gasteiger partial charge on any atom is -0.497 e. The highest BCUT2D eigenvalue weighted by Crippen LogP contribution is 2.20. The van der Waals surface area contributed by atoms with E-state index < -0.39 is 0 Å². The molecule has 1 aromatic rings. The maximum absolute atomic E-state index is 11.7. The van der Waals surface area contributed by atoms with Crippen LogP contribution in [-0.2, 0) is 11.3 Å². The lowest BCUT2D eigenvalue weighted by Gasteiger charge is -2.13. The number of amides is 1. The minimum atomic E-state index is -0.246. The van der Waals surface area contributed by atoms with E-state index in [4.69, 9.17) is 15.2 Å². The number of carbonyl (C=O) groups excluding carboxylic acids is 1. The van der Waals surface area contributed by atoms with Gasteiger partial charge in [-0.3, -0.25) is 0 Å². The first-order valence-electron chi connectivity index (χ1n) is 6.51. The van der Waals surface area contributed by atoms with Crippen molar-refractivity contribution >= 4 is 6.09 Å². The average molecular weight is 264 g/mol. The van der Waals surface area contributed by atoms with Crippen molar-refractivity contribution in [1.82, 2.24) is 4.90 Å². The second kappa shape index (κ2) is 6.43. The summed E-state index contributed by atoms with van der Waals surface area (Å²) in [6, 6.07) is 7.71. The third-order valence-corrected chi connectivity index (χ3v) is 3.19. The lowest BCUT2D eigenvalue weighted by molar-refractivity contribution is 0.127. The minimum absolute atomic E-state index is 0.0262. The van der Waals surface area contributed by atoms with Crippen LogP contribution in [0.5, 0.6) is 5.75 Å². The molecule has 5 heteroatoms. The molecule has 1 amide bonds. The summed E-state index contributed by atoms with van der Waals surface area (Å²) in [5.74, 6) is 0.796. The summed E-state index contributed by atoms with van der Waals surface area (Å²) in [4.78, 5) is 13.5. The first-order chi connectivity index (χ1) is 9.22. The molecule has 1 fully saturated rings. The smallest absolute Gasteiger partial charge is 0.410 e. The zero-order valence-electron chi connectivity index (χ0n) is 11.2. The number of benzene rings is 1. The predicted molar refractivity (Wildman–Crippen MR) is 72.0 cm³/mol. The number of nitrogens with two attached hydrogens (primary N) is 1. The van der Waals surface area contributed by atoms with Crippen LogP contribution in [0.4, 0.5) is 4.79 Å². The molecule has 1 aliphatic rings. The first kappa shape index (κ1) is 13.7. The Morgan fingerprint density at radius 2 is 2.37 bits per heavy atom. The Kier molecular flexibility index (Phi) is 4.63. The van der Waals surface area contributed by atoms with Gasteiger partial charge >= 0.3 is 6.09 Å². The van der Waals surface area contributed by atoms with Gasteiger partial charge in [-0.1, -0.05) is 12.1 Å². The Bertz CT molecular complexity index is 436. The predicted octanol–water partition coefficient (Wildman–Crippen LogP) is 1.75. The van der Waals surface area contributed by atoms with E-state index in [1.807, 2.05) is 24.3 Å². The molecule has 1 aliphatic heterocycles. The number of ether oxygens (including phenoxy) is 2. The molecule has 2 rings (SSSR count). The number of hydrogen-bond donors (Lipinski definition) is 1. The molecule has 0 spiro atoms. The molecule has 1 saturated heterocycles. The number of rotatable bonds is 6. The Hall–Kier alpha value is -1.75. The molecule has 0 aromatic heterocycles. The summed E-state index contributed by atoms with van der Waals surface area (Å²) in [6.45, 7) is 1.81. The zero-order valence-corrected chi connectivity index (χ0v) is 11.2. The van der Waals surface area contributed by atoms with Gasteiger partial charge < -0.3 is 20.1 Å². The van der Waals surface area contributed by atoms with Gasteiger partial charge in [0.25, 0.3) is 0 Å². The summed E-state index contributed by atoms with van der Waals surface area (Å²) < 4.78 is 10.5. The maximum atomic E-state index is 11.7. The summed E-state index contributed by atoms with van der Waals surface area (Å²) in [5, 5.41) is 0. The zero-order chi connectivity index (χ0) is 13.7. The molecule has 1 aromatic carbocycles. The van der Waals surface area contributed by atoms with Crippen molar-refractivity contribution in [3.8, 4) is 5.75 Å². The van der Waals surface area contributed by atoms with Crippen LogP contribution in [0.15, 0.2) is 24.3 Å². The van der Waals surface area contributed by atoms with Gasteiger partial charge in [-0.2, -0.15) is 0 Å². The monoisotopic (exact) mass is 264 g/mol. The van der Waals surface area contributed by atoms with Gasteiger partial charge in [0.05, 0.1) is 13.7 Å². The van der Waals surface area contributed by atoms with Crippen molar-refractivity contribution in [3.63, 3.8) is 0 Å². The van der Waals surface area contributed by atoms with Crippen molar-refractivity contribution in [2.24, 2.45) is 5.73 Å². The SMILES string of the molecule is COc1cccc(CN2CC(CCCN)OC2=O)c1. The largest absolute Gasteiger partial charge is 0.497 e. The van der Waals surface area contributed by atoms with Crippen LogP contribution in [0.1, 0.15) is 18.4 Å². The van der Waals surface area contributed by atoms with E-state index in [0.29, 0.717) is 19.6 Å².